The van der Waals surface area contributed by atoms with Crippen LogP contribution >= 0.6 is 24.0 Å². The van der Waals surface area contributed by atoms with Gasteiger partial charge in [-0.15, -0.1) is 24.0 Å². The zero-order valence-electron chi connectivity index (χ0n) is 16.4. The fourth-order valence-corrected chi connectivity index (χ4v) is 3.15. The molecule has 0 aliphatic carbocycles. The molecule has 8 heteroatoms. The maximum atomic E-state index is 11.9. The molecule has 0 spiro atoms. The Kier molecular flexibility index (Phi) is 9.32. The number of amides is 1. The van der Waals surface area contributed by atoms with Gasteiger partial charge in [-0.3, -0.25) is 4.79 Å². The van der Waals surface area contributed by atoms with Gasteiger partial charge >= 0.3 is 0 Å². The second kappa shape index (κ2) is 10.5. The van der Waals surface area contributed by atoms with Gasteiger partial charge in [0.1, 0.15) is 6.54 Å². The van der Waals surface area contributed by atoms with Crippen LogP contribution in [0.15, 0.2) is 17.1 Å². The van der Waals surface area contributed by atoms with E-state index in [2.05, 4.69) is 21.8 Å². The van der Waals surface area contributed by atoms with E-state index >= 15 is 0 Å². The van der Waals surface area contributed by atoms with E-state index in [1.165, 1.54) is 0 Å². The number of nitrogens with zero attached hydrogens (tertiary/aromatic N) is 3. The zero-order valence-corrected chi connectivity index (χ0v) is 18.7. The third-order valence-corrected chi connectivity index (χ3v) is 4.73. The highest BCUT2D eigenvalue weighted by Crippen LogP contribution is 2.34. The number of likely N-dealkylation sites (tertiary alicyclic amines) is 1. The second-order valence-electron chi connectivity index (χ2n) is 7.24. The molecule has 0 aromatic rings. The van der Waals surface area contributed by atoms with Crippen LogP contribution in [-0.4, -0.2) is 80.9 Å². The monoisotopic (exact) mass is 480 g/mol. The molecule has 1 amide bonds. The quantitative estimate of drug-likeness (QED) is 0.281. The number of guanidine groups is 1. The van der Waals surface area contributed by atoms with Crippen LogP contribution in [0.3, 0.4) is 0 Å². The number of hydrogen-bond donors (Lipinski definition) is 1. The van der Waals surface area contributed by atoms with Crippen molar-refractivity contribution in [3.05, 3.63) is 12.2 Å². The Balaban J connectivity index is 0.00000338. The van der Waals surface area contributed by atoms with Crippen LogP contribution in [0, 0.1) is 5.92 Å². The highest BCUT2D eigenvalue weighted by molar-refractivity contribution is 14.0. The van der Waals surface area contributed by atoms with E-state index in [9.17, 15) is 4.79 Å². The van der Waals surface area contributed by atoms with Gasteiger partial charge in [-0.1, -0.05) is 12.2 Å². The first kappa shape index (κ1) is 23.2. The summed E-state index contributed by atoms with van der Waals surface area (Å²) < 4.78 is 11.7. The van der Waals surface area contributed by atoms with Crippen LogP contribution in [0.1, 0.15) is 26.7 Å². The van der Waals surface area contributed by atoms with Gasteiger partial charge in [-0.25, -0.2) is 4.99 Å². The molecule has 0 aromatic heterocycles. The molecule has 1 unspecified atom stereocenters. The Labute approximate surface area is 174 Å². The van der Waals surface area contributed by atoms with E-state index in [0.29, 0.717) is 19.8 Å². The molecule has 0 bridgehead atoms. The van der Waals surface area contributed by atoms with Crippen LogP contribution in [-0.2, 0) is 14.3 Å². The van der Waals surface area contributed by atoms with E-state index in [4.69, 9.17) is 9.47 Å². The van der Waals surface area contributed by atoms with Gasteiger partial charge < -0.3 is 24.6 Å². The van der Waals surface area contributed by atoms with Crippen LogP contribution in [0.4, 0.5) is 0 Å². The molecule has 2 aliphatic heterocycles. The third kappa shape index (κ3) is 6.38. The maximum absolute atomic E-state index is 11.9. The number of aliphatic imine (C=N–C) groups is 1. The summed E-state index contributed by atoms with van der Waals surface area (Å²) in [7, 11) is 3.48. The van der Waals surface area contributed by atoms with E-state index < -0.39 is 5.79 Å². The lowest BCUT2D eigenvalue weighted by Gasteiger charge is -2.41. The summed E-state index contributed by atoms with van der Waals surface area (Å²) in [6, 6.07) is 0. The van der Waals surface area contributed by atoms with Crippen molar-refractivity contribution in [2.24, 2.45) is 10.9 Å². The van der Waals surface area contributed by atoms with Gasteiger partial charge in [0, 0.05) is 39.6 Å². The van der Waals surface area contributed by atoms with Gasteiger partial charge in [0.2, 0.25) is 5.91 Å². The van der Waals surface area contributed by atoms with Gasteiger partial charge in [-0.2, -0.15) is 0 Å². The SMILES string of the molecule is C=C(C)CNC(=NCC(=O)N(C)C)N1CCCC(C2(C)OCCO2)C1.I. The molecule has 2 fully saturated rings. The average molecular weight is 480 g/mol. The predicted molar refractivity (Wildman–Crippen MR) is 114 cm³/mol. The number of piperidine rings is 1. The zero-order chi connectivity index (χ0) is 18.4. The lowest BCUT2D eigenvalue weighted by atomic mass is 9.90. The molecule has 2 aliphatic rings. The molecule has 0 radical (unpaired) electrons. The predicted octanol–water partition coefficient (Wildman–Crippen LogP) is 1.69. The summed E-state index contributed by atoms with van der Waals surface area (Å²) in [6.07, 6.45) is 2.11. The highest BCUT2D eigenvalue weighted by Gasteiger charge is 2.42. The minimum atomic E-state index is -0.516. The highest BCUT2D eigenvalue weighted by atomic mass is 127. The Bertz CT molecular complexity index is 519. The summed E-state index contributed by atoms with van der Waals surface area (Å²) in [5.41, 5.74) is 1.02. The molecule has 26 heavy (non-hydrogen) atoms. The Morgan fingerprint density at radius 1 is 1.38 bits per heavy atom. The normalized spacial score (nSPS) is 22.5. The number of ether oxygens (including phenoxy) is 2. The third-order valence-electron chi connectivity index (χ3n) is 4.73. The van der Waals surface area contributed by atoms with Gasteiger partial charge in [0.25, 0.3) is 0 Å². The van der Waals surface area contributed by atoms with Crippen LogP contribution in [0.2, 0.25) is 0 Å². The average Bonchev–Trinajstić information content (AvgIpc) is 3.02. The van der Waals surface area contributed by atoms with Gasteiger partial charge in [-0.05, 0) is 26.7 Å². The second-order valence-corrected chi connectivity index (χ2v) is 7.24. The lowest BCUT2D eigenvalue weighted by Crippen LogP contribution is -2.52. The fraction of sp³-hybridized carbons (Fsp3) is 0.778. The van der Waals surface area contributed by atoms with Crippen LogP contribution < -0.4 is 5.32 Å². The van der Waals surface area contributed by atoms with Crippen molar-refractivity contribution in [2.75, 3.05) is 53.5 Å². The summed E-state index contributed by atoms with van der Waals surface area (Å²) in [5, 5.41) is 3.33. The number of carbonyl (C=O) groups excluding carboxylic acids is 1. The van der Waals surface area contributed by atoms with Crippen molar-refractivity contribution in [2.45, 2.75) is 32.5 Å². The van der Waals surface area contributed by atoms with E-state index in [-0.39, 0.29) is 42.3 Å². The van der Waals surface area contributed by atoms with E-state index in [0.717, 1.165) is 37.5 Å². The molecule has 2 rings (SSSR count). The summed E-state index contributed by atoms with van der Waals surface area (Å²) >= 11 is 0. The van der Waals surface area contributed by atoms with Crippen molar-refractivity contribution in [1.29, 1.82) is 0 Å². The smallest absolute Gasteiger partial charge is 0.243 e. The van der Waals surface area contributed by atoms with Gasteiger partial charge in [0.05, 0.1) is 13.2 Å². The topological polar surface area (TPSA) is 66.4 Å². The lowest BCUT2D eigenvalue weighted by molar-refractivity contribution is -0.189. The number of likely N-dealkylation sites (N-methyl/N-ethyl adjacent to an activating group) is 1. The standard InChI is InChI=1S/C18H32N4O3.HI/c1-14(2)11-19-17(20-12-16(23)21(4)5)22-8-6-7-15(13-22)18(3)24-9-10-25-18;/h15H,1,6-13H2,2-5H3,(H,19,20);1H. The number of nitrogens with one attached hydrogen (secondary N) is 1. The van der Waals surface area contributed by atoms with Crippen molar-refractivity contribution in [1.82, 2.24) is 15.1 Å². The molecule has 0 saturated carbocycles. The minimum Gasteiger partial charge on any atom is -0.353 e. The fourth-order valence-electron chi connectivity index (χ4n) is 3.15. The summed E-state index contributed by atoms with van der Waals surface area (Å²) in [4.78, 5) is 20.2. The summed E-state index contributed by atoms with van der Waals surface area (Å²) in [5.74, 6) is 0.504. The molecular formula is C18H33IN4O3. The largest absolute Gasteiger partial charge is 0.353 e. The molecule has 1 atom stereocenters. The Morgan fingerprint density at radius 2 is 2.04 bits per heavy atom. The number of halogens is 1. The molecule has 2 heterocycles. The van der Waals surface area contributed by atoms with Crippen molar-refractivity contribution < 1.29 is 14.3 Å². The molecule has 1 N–H and O–H groups in total. The van der Waals surface area contributed by atoms with Crippen molar-refractivity contribution >= 4 is 35.8 Å². The van der Waals surface area contributed by atoms with E-state index in [1.807, 2.05) is 13.8 Å². The molecular weight excluding hydrogens is 447 g/mol. The van der Waals surface area contributed by atoms with Gasteiger partial charge in [0.15, 0.2) is 11.7 Å². The molecule has 0 aromatic carbocycles. The van der Waals surface area contributed by atoms with E-state index in [1.54, 1.807) is 19.0 Å². The Hall–Kier alpha value is -0.870. The number of carbonyl (C=O) groups is 1. The first-order valence-electron chi connectivity index (χ1n) is 8.97. The van der Waals surface area contributed by atoms with Crippen LogP contribution in [0.5, 0.6) is 0 Å². The first-order chi connectivity index (χ1) is 11.8. The van der Waals surface area contributed by atoms with Crippen molar-refractivity contribution in [3.8, 4) is 0 Å². The van der Waals surface area contributed by atoms with Crippen LogP contribution in [0.25, 0.3) is 0 Å². The Morgan fingerprint density at radius 3 is 2.62 bits per heavy atom. The number of hydrogen-bond acceptors (Lipinski definition) is 4. The molecule has 2 saturated heterocycles. The maximum Gasteiger partial charge on any atom is 0.243 e. The minimum absolute atomic E-state index is 0. The molecule has 150 valence electrons. The molecule has 7 nitrogen and oxygen atoms in total. The van der Waals surface area contributed by atoms with Crippen molar-refractivity contribution in [3.63, 3.8) is 0 Å². The first-order valence-corrected chi connectivity index (χ1v) is 8.97. The summed E-state index contributed by atoms with van der Waals surface area (Å²) in [6.45, 7) is 11.7. The number of rotatable bonds is 5.